The van der Waals surface area contributed by atoms with Gasteiger partial charge in [-0.05, 0) is 0 Å². The second-order valence-corrected chi connectivity index (χ2v) is 5.85. The average Bonchev–Trinajstić information content (AvgIpc) is 2.45. The lowest BCUT2D eigenvalue weighted by atomic mass is 10.1. The molecule has 3 aromatic rings. The number of hydrogen-bond acceptors (Lipinski definition) is 6. The van der Waals surface area contributed by atoms with Crippen LogP contribution in [0.25, 0.3) is 21.8 Å². The lowest BCUT2D eigenvalue weighted by Crippen LogP contribution is -2.30. The van der Waals surface area contributed by atoms with Crippen LogP contribution in [0, 0.1) is 0 Å². The number of fused-ring (bicyclic) bond motifs is 2. The van der Waals surface area contributed by atoms with E-state index < -0.39 is 47.5 Å². The first kappa shape index (κ1) is 14.1. The Bertz CT molecular complexity index is 1270. The van der Waals surface area contributed by atoms with E-state index in [-0.39, 0.29) is 11.0 Å². The highest BCUT2D eigenvalue weighted by molar-refractivity contribution is 7.85. The summed E-state index contributed by atoms with van der Waals surface area (Å²) in [5, 5.41) is -1.58. The highest BCUT2D eigenvalue weighted by Crippen LogP contribution is 2.07. The molecule has 2 aromatic carbocycles. The molecule has 0 bridgehead atoms. The van der Waals surface area contributed by atoms with Crippen molar-refractivity contribution >= 4 is 31.9 Å². The van der Waals surface area contributed by atoms with Crippen LogP contribution in [-0.2, 0) is 10.1 Å². The molecule has 0 fully saturated rings. The molecule has 1 aromatic heterocycles. The summed E-state index contributed by atoms with van der Waals surface area (Å²) in [5.41, 5.74) is -4.93. The summed E-state index contributed by atoms with van der Waals surface area (Å²) < 4.78 is 31.2. The zero-order valence-electron chi connectivity index (χ0n) is 10.5. The van der Waals surface area contributed by atoms with Crippen LogP contribution < -0.4 is 21.7 Å². The molecule has 3 rings (SSSR count). The summed E-state index contributed by atoms with van der Waals surface area (Å²) in [5.74, 6) is 0. The third-order valence-corrected chi connectivity index (χ3v) is 4.04. The van der Waals surface area contributed by atoms with E-state index in [0.29, 0.717) is 6.07 Å². The Labute approximate surface area is 120 Å². The Hall–Kier alpha value is -2.85. The smallest absolute Gasteiger partial charge is 0.298 e. The van der Waals surface area contributed by atoms with E-state index in [1.807, 2.05) is 0 Å². The minimum Gasteiger partial charge on any atom is -0.355 e. The lowest BCUT2D eigenvalue weighted by molar-refractivity contribution is 0.482. The van der Waals surface area contributed by atoms with Gasteiger partial charge in [0.25, 0.3) is 10.1 Å². The summed E-state index contributed by atoms with van der Waals surface area (Å²) in [4.78, 5) is 52.3. The van der Waals surface area contributed by atoms with Crippen molar-refractivity contribution in [3.8, 4) is 0 Å². The normalized spacial score (nSPS) is 12.0. The molecule has 0 aliphatic heterocycles. The SMILES string of the molecule is O=c1cc(S(=O)(=O)O)c(=O)c2c(=O)c3[nH]cc[nH]c3c(=O)c12. The molecule has 9 nitrogen and oxygen atoms in total. The zero-order chi connectivity index (χ0) is 16.2. The highest BCUT2D eigenvalue weighted by Gasteiger charge is 2.23. The van der Waals surface area contributed by atoms with Gasteiger partial charge in [0, 0.05) is 18.5 Å². The maximum Gasteiger partial charge on any atom is 0.298 e. The van der Waals surface area contributed by atoms with Gasteiger partial charge in [-0.15, -0.1) is 0 Å². The standard InChI is InChI=1S/C12H6N2O7S/c15-4-3-5(22(19,20)21)10(16)7-6(4)11(17)8-9(12(7)18)14-2-1-13-8/h1-3,13-14H,(H,19,20,21). The van der Waals surface area contributed by atoms with Gasteiger partial charge in [0.05, 0.1) is 10.8 Å². The second-order valence-electron chi connectivity index (χ2n) is 4.46. The zero-order valence-corrected chi connectivity index (χ0v) is 11.4. The van der Waals surface area contributed by atoms with E-state index in [1.54, 1.807) is 0 Å². The van der Waals surface area contributed by atoms with E-state index in [9.17, 15) is 27.6 Å². The van der Waals surface area contributed by atoms with Crippen LogP contribution in [0.2, 0.25) is 0 Å². The third kappa shape index (κ3) is 1.78. The Balaban J connectivity index is 2.83. The molecule has 3 N–H and O–H groups in total. The van der Waals surface area contributed by atoms with Crippen molar-refractivity contribution in [3.63, 3.8) is 0 Å². The fourth-order valence-electron chi connectivity index (χ4n) is 2.25. The molecule has 0 radical (unpaired) electrons. The molecular weight excluding hydrogens is 316 g/mol. The van der Waals surface area contributed by atoms with E-state index in [4.69, 9.17) is 4.55 Å². The van der Waals surface area contributed by atoms with Crippen molar-refractivity contribution in [1.29, 1.82) is 0 Å². The number of nitrogens with one attached hydrogen (secondary N) is 2. The maximum atomic E-state index is 12.3. The maximum absolute atomic E-state index is 12.3. The van der Waals surface area contributed by atoms with Gasteiger partial charge in [-0.3, -0.25) is 23.7 Å². The van der Waals surface area contributed by atoms with Gasteiger partial charge in [-0.2, -0.15) is 8.42 Å². The molecule has 0 aliphatic carbocycles. The topological polar surface area (TPSA) is 154 Å². The molecule has 0 saturated carbocycles. The summed E-state index contributed by atoms with van der Waals surface area (Å²) in [6.45, 7) is 0. The van der Waals surface area contributed by atoms with Gasteiger partial charge in [-0.25, -0.2) is 0 Å². The average molecular weight is 322 g/mol. The monoisotopic (exact) mass is 322 g/mol. The van der Waals surface area contributed by atoms with Crippen LogP contribution in [0.15, 0.2) is 42.5 Å². The number of aromatic nitrogens is 2. The van der Waals surface area contributed by atoms with Gasteiger partial charge in [0.15, 0.2) is 5.43 Å². The van der Waals surface area contributed by atoms with Crippen molar-refractivity contribution in [3.05, 3.63) is 59.4 Å². The molecule has 0 unspecified atom stereocenters. The summed E-state index contributed by atoms with van der Waals surface area (Å²) >= 11 is 0. The van der Waals surface area contributed by atoms with Gasteiger partial charge >= 0.3 is 0 Å². The van der Waals surface area contributed by atoms with Crippen molar-refractivity contribution < 1.29 is 13.0 Å². The Morgan fingerprint density at radius 2 is 1.32 bits per heavy atom. The van der Waals surface area contributed by atoms with Crippen LogP contribution >= 0.6 is 0 Å². The summed E-state index contributed by atoms with van der Waals surface area (Å²) in [7, 11) is -5.00. The molecule has 0 amide bonds. The summed E-state index contributed by atoms with van der Waals surface area (Å²) in [6, 6.07) is 0.333. The number of rotatable bonds is 1. The first-order chi connectivity index (χ1) is 10.2. The van der Waals surface area contributed by atoms with E-state index in [0.717, 1.165) is 0 Å². The second kappa shape index (κ2) is 4.32. The molecule has 10 heteroatoms. The van der Waals surface area contributed by atoms with Crippen molar-refractivity contribution in [2.75, 3.05) is 0 Å². The Morgan fingerprint density at radius 3 is 1.82 bits per heavy atom. The predicted molar refractivity (Wildman–Crippen MR) is 76.2 cm³/mol. The van der Waals surface area contributed by atoms with Gasteiger partial charge in [0.1, 0.15) is 15.9 Å². The number of hydrogen-bond donors (Lipinski definition) is 3. The fraction of sp³-hybridized carbons (Fsp3) is 0. The van der Waals surface area contributed by atoms with Crippen molar-refractivity contribution in [2.45, 2.75) is 4.90 Å². The van der Waals surface area contributed by atoms with Crippen molar-refractivity contribution in [1.82, 2.24) is 9.97 Å². The van der Waals surface area contributed by atoms with Crippen molar-refractivity contribution in [2.24, 2.45) is 0 Å². The lowest BCUT2D eigenvalue weighted by Gasteiger charge is -2.01. The largest absolute Gasteiger partial charge is 0.355 e. The van der Waals surface area contributed by atoms with Crippen LogP contribution in [0.3, 0.4) is 0 Å². The minimum absolute atomic E-state index is 0.212. The number of H-pyrrole nitrogens is 2. The molecule has 0 saturated heterocycles. The van der Waals surface area contributed by atoms with Crippen LogP contribution in [0.5, 0.6) is 0 Å². The van der Waals surface area contributed by atoms with Crippen LogP contribution in [0.1, 0.15) is 0 Å². The molecule has 112 valence electrons. The Kier molecular flexibility index (Phi) is 2.77. The quantitative estimate of drug-likeness (QED) is 0.374. The molecule has 0 spiro atoms. The van der Waals surface area contributed by atoms with Gasteiger partial charge in [0.2, 0.25) is 16.3 Å². The summed E-state index contributed by atoms with van der Waals surface area (Å²) in [6.07, 6.45) is 2.59. The van der Waals surface area contributed by atoms with Gasteiger partial charge in [-0.1, -0.05) is 0 Å². The predicted octanol–water partition coefficient (Wildman–Crippen LogP) is -1.23. The van der Waals surface area contributed by atoms with E-state index in [1.165, 1.54) is 12.4 Å². The molecule has 0 aliphatic rings. The molecule has 0 atom stereocenters. The fourth-order valence-corrected chi connectivity index (χ4v) is 2.85. The molecule has 22 heavy (non-hydrogen) atoms. The van der Waals surface area contributed by atoms with Gasteiger partial charge < -0.3 is 9.97 Å². The molecule has 1 heterocycles. The first-order valence-electron chi connectivity index (χ1n) is 5.77. The first-order valence-corrected chi connectivity index (χ1v) is 7.21. The third-order valence-electron chi connectivity index (χ3n) is 3.18. The number of benzene rings is 2. The van der Waals surface area contributed by atoms with E-state index >= 15 is 0 Å². The van der Waals surface area contributed by atoms with E-state index in [2.05, 4.69) is 9.97 Å². The Morgan fingerprint density at radius 1 is 0.818 bits per heavy atom. The number of aromatic amines is 2. The minimum atomic E-state index is -5.00. The highest BCUT2D eigenvalue weighted by atomic mass is 32.2. The van der Waals surface area contributed by atoms with Crippen LogP contribution in [0.4, 0.5) is 0 Å². The van der Waals surface area contributed by atoms with Crippen LogP contribution in [-0.4, -0.2) is 22.9 Å². The molecular formula is C12H6N2O7S.